The predicted molar refractivity (Wildman–Crippen MR) is 122 cm³/mol. The van der Waals surface area contributed by atoms with Crippen LogP contribution in [0.5, 0.6) is 0 Å². The predicted octanol–water partition coefficient (Wildman–Crippen LogP) is 5.72. The molecular weight excluding hydrogens is 461 g/mol. The average Bonchev–Trinajstić information content (AvgIpc) is 3.43. The lowest BCUT2D eigenvalue weighted by molar-refractivity contribution is 0.520. The quantitative estimate of drug-likeness (QED) is 0.371. The fourth-order valence-corrected chi connectivity index (χ4v) is 4.80. The van der Waals surface area contributed by atoms with Crippen molar-refractivity contribution in [1.82, 2.24) is 19.5 Å². The minimum atomic E-state index is -0.377. The number of hydrogen-bond acceptors (Lipinski definition) is 5. The molecule has 0 spiro atoms. The first-order valence-corrected chi connectivity index (χ1v) is 11.2. The van der Waals surface area contributed by atoms with Crippen molar-refractivity contribution in [3.8, 4) is 11.4 Å². The summed E-state index contributed by atoms with van der Waals surface area (Å²) in [5.41, 5.74) is 2.60. The number of halogens is 2. The van der Waals surface area contributed by atoms with Gasteiger partial charge in [-0.2, -0.15) is 0 Å². The smallest absolute Gasteiger partial charge is 0.191 e. The van der Waals surface area contributed by atoms with Crippen molar-refractivity contribution in [3.63, 3.8) is 0 Å². The van der Waals surface area contributed by atoms with E-state index < -0.39 is 0 Å². The number of rotatable bonds is 4. The van der Waals surface area contributed by atoms with Crippen LogP contribution in [-0.4, -0.2) is 31.6 Å². The molecule has 31 heavy (non-hydrogen) atoms. The van der Waals surface area contributed by atoms with Crippen LogP contribution in [0.1, 0.15) is 38.3 Å². The molecule has 1 aliphatic heterocycles. The molecule has 0 aliphatic carbocycles. The van der Waals surface area contributed by atoms with Crippen molar-refractivity contribution >= 4 is 32.8 Å². The molecule has 3 aromatic heterocycles. The first-order valence-electron chi connectivity index (χ1n) is 10.4. The Kier molecular flexibility index (Phi) is 5.04. The fourth-order valence-electron chi connectivity index (χ4n) is 4.48. The first-order chi connectivity index (χ1) is 14.9. The highest BCUT2D eigenvalue weighted by Gasteiger charge is 2.28. The van der Waals surface area contributed by atoms with E-state index in [4.69, 9.17) is 9.40 Å². The van der Waals surface area contributed by atoms with Crippen LogP contribution in [0.15, 0.2) is 45.6 Å². The van der Waals surface area contributed by atoms with Crippen LogP contribution in [0.2, 0.25) is 0 Å². The zero-order chi connectivity index (χ0) is 21.7. The minimum absolute atomic E-state index is 0.315. The van der Waals surface area contributed by atoms with E-state index in [0.717, 1.165) is 17.1 Å². The summed E-state index contributed by atoms with van der Waals surface area (Å²) in [5, 5.41) is 0. The van der Waals surface area contributed by atoms with Crippen LogP contribution < -0.4 is 4.90 Å². The van der Waals surface area contributed by atoms with Crippen LogP contribution >= 0.6 is 15.9 Å². The van der Waals surface area contributed by atoms with E-state index in [0.29, 0.717) is 45.8 Å². The summed E-state index contributed by atoms with van der Waals surface area (Å²) in [7, 11) is 0. The second-order valence-electron chi connectivity index (χ2n) is 8.20. The third-order valence-electron chi connectivity index (χ3n) is 6.02. The van der Waals surface area contributed by atoms with E-state index in [-0.39, 0.29) is 5.82 Å². The number of aromatic nitrogens is 4. The third-order valence-corrected chi connectivity index (χ3v) is 6.63. The van der Waals surface area contributed by atoms with Gasteiger partial charge in [0.2, 0.25) is 0 Å². The van der Waals surface area contributed by atoms with Crippen LogP contribution in [0, 0.1) is 12.7 Å². The van der Waals surface area contributed by atoms with Gasteiger partial charge in [-0.05, 0) is 66.9 Å². The Morgan fingerprint density at radius 1 is 1.13 bits per heavy atom. The van der Waals surface area contributed by atoms with E-state index in [1.54, 1.807) is 19.3 Å². The second-order valence-corrected chi connectivity index (χ2v) is 9.05. The molecular formula is C23H23BrFN5O. The standard InChI is InChI=1S/C23H23BrFN5O/c1-13-4-5-14(2)30(13)20-9-6-16(10-26-20)23-28-22-19(8-7-18(24)21(22)25)29(23)11-17-12-31-15(3)27-17/h6-10,12-14H,4-5,11H2,1-3H3/t13-,14-/m0/s1. The molecule has 0 bridgehead atoms. The first kappa shape index (κ1) is 20.2. The van der Waals surface area contributed by atoms with Crippen LogP contribution in [0.3, 0.4) is 0 Å². The minimum Gasteiger partial charge on any atom is -0.449 e. The number of imidazole rings is 1. The maximum Gasteiger partial charge on any atom is 0.191 e. The summed E-state index contributed by atoms with van der Waals surface area (Å²) in [5.74, 6) is 1.83. The van der Waals surface area contributed by atoms with Gasteiger partial charge < -0.3 is 13.9 Å². The Labute approximate surface area is 188 Å². The largest absolute Gasteiger partial charge is 0.449 e. The molecule has 5 rings (SSSR count). The zero-order valence-corrected chi connectivity index (χ0v) is 19.2. The molecule has 1 saturated heterocycles. The molecule has 4 heterocycles. The van der Waals surface area contributed by atoms with Gasteiger partial charge in [-0.15, -0.1) is 0 Å². The molecule has 1 aromatic carbocycles. The van der Waals surface area contributed by atoms with Crippen molar-refractivity contribution in [2.75, 3.05) is 4.90 Å². The Morgan fingerprint density at radius 3 is 2.55 bits per heavy atom. The maximum atomic E-state index is 14.8. The van der Waals surface area contributed by atoms with Gasteiger partial charge in [0.1, 0.15) is 23.4 Å². The summed E-state index contributed by atoms with van der Waals surface area (Å²) in [6.07, 6.45) is 5.79. The highest BCUT2D eigenvalue weighted by Crippen LogP contribution is 2.33. The van der Waals surface area contributed by atoms with Gasteiger partial charge in [-0.3, -0.25) is 0 Å². The molecule has 0 amide bonds. The highest BCUT2D eigenvalue weighted by atomic mass is 79.9. The van der Waals surface area contributed by atoms with E-state index in [9.17, 15) is 4.39 Å². The molecule has 6 nitrogen and oxygen atoms in total. The Morgan fingerprint density at radius 2 is 1.90 bits per heavy atom. The van der Waals surface area contributed by atoms with Crippen molar-refractivity contribution < 1.29 is 8.81 Å². The Hall–Kier alpha value is -2.74. The lowest BCUT2D eigenvalue weighted by atomic mass is 10.2. The Balaban J connectivity index is 1.60. The second kappa shape index (κ2) is 7.75. The lowest BCUT2D eigenvalue weighted by Crippen LogP contribution is -2.33. The molecule has 8 heteroatoms. The number of fused-ring (bicyclic) bond motifs is 1. The van der Waals surface area contributed by atoms with Gasteiger partial charge in [-0.25, -0.2) is 19.3 Å². The van der Waals surface area contributed by atoms with Crippen molar-refractivity contribution in [2.24, 2.45) is 0 Å². The highest BCUT2D eigenvalue weighted by molar-refractivity contribution is 9.10. The van der Waals surface area contributed by atoms with Gasteiger partial charge in [0, 0.05) is 30.8 Å². The Bertz CT molecular complexity index is 1240. The molecule has 0 radical (unpaired) electrons. The monoisotopic (exact) mass is 483 g/mol. The van der Waals surface area contributed by atoms with Crippen molar-refractivity contribution in [3.05, 3.63) is 58.6 Å². The van der Waals surface area contributed by atoms with Crippen LogP contribution in [0.25, 0.3) is 22.4 Å². The summed E-state index contributed by atoms with van der Waals surface area (Å²) in [4.78, 5) is 16.2. The number of hydrogen-bond donors (Lipinski definition) is 0. The van der Waals surface area contributed by atoms with E-state index in [1.807, 2.05) is 29.0 Å². The zero-order valence-electron chi connectivity index (χ0n) is 17.6. The number of nitrogens with zero attached hydrogens (tertiary/aromatic N) is 5. The van der Waals surface area contributed by atoms with E-state index >= 15 is 0 Å². The number of benzene rings is 1. The molecule has 2 atom stereocenters. The molecule has 0 saturated carbocycles. The van der Waals surface area contributed by atoms with E-state index in [2.05, 4.69) is 44.6 Å². The normalized spacial score (nSPS) is 18.9. The number of aryl methyl sites for hydroxylation is 1. The topological polar surface area (TPSA) is 60.0 Å². The number of anilines is 1. The SMILES string of the molecule is Cc1nc(Cn2c(-c3ccc(N4[C@@H](C)CC[C@@H]4C)nc3)nc3c(F)c(Br)ccc32)co1. The van der Waals surface area contributed by atoms with Crippen LogP contribution in [0.4, 0.5) is 10.2 Å². The van der Waals surface area contributed by atoms with Gasteiger partial charge in [0.25, 0.3) is 0 Å². The van der Waals surface area contributed by atoms with E-state index in [1.165, 1.54) is 12.8 Å². The van der Waals surface area contributed by atoms with Crippen molar-refractivity contribution in [2.45, 2.75) is 52.2 Å². The molecule has 160 valence electrons. The average molecular weight is 484 g/mol. The summed E-state index contributed by atoms with van der Waals surface area (Å²) >= 11 is 3.27. The molecule has 0 unspecified atom stereocenters. The molecule has 4 aromatic rings. The van der Waals surface area contributed by atoms with Gasteiger partial charge in [-0.1, -0.05) is 0 Å². The molecule has 1 fully saturated rings. The molecule has 1 aliphatic rings. The van der Waals surface area contributed by atoms with Crippen molar-refractivity contribution in [1.29, 1.82) is 0 Å². The fraction of sp³-hybridized carbons (Fsp3) is 0.348. The maximum absolute atomic E-state index is 14.8. The third kappa shape index (κ3) is 3.52. The van der Waals surface area contributed by atoms with Gasteiger partial charge >= 0.3 is 0 Å². The number of oxazole rings is 1. The lowest BCUT2D eigenvalue weighted by Gasteiger charge is -2.27. The number of pyridine rings is 1. The van der Waals surface area contributed by atoms with Gasteiger partial charge in [0.05, 0.1) is 22.2 Å². The summed E-state index contributed by atoms with van der Waals surface area (Å²) < 4.78 is 22.5. The van der Waals surface area contributed by atoms with Crippen LogP contribution in [-0.2, 0) is 6.54 Å². The summed E-state index contributed by atoms with van der Waals surface area (Å²) in [6.45, 7) is 6.69. The molecule has 0 N–H and O–H groups in total. The van der Waals surface area contributed by atoms with Gasteiger partial charge in [0.15, 0.2) is 11.7 Å². The summed E-state index contributed by atoms with van der Waals surface area (Å²) in [6, 6.07) is 8.55.